The van der Waals surface area contributed by atoms with E-state index in [-0.39, 0.29) is 11.5 Å². The summed E-state index contributed by atoms with van der Waals surface area (Å²) >= 11 is 0. The lowest BCUT2D eigenvalue weighted by Crippen LogP contribution is -2.46. The van der Waals surface area contributed by atoms with E-state index in [1.54, 1.807) is 0 Å². The molecule has 0 unspecified atom stereocenters. The van der Waals surface area contributed by atoms with Crippen molar-refractivity contribution in [2.75, 3.05) is 6.61 Å². The Labute approximate surface area is 170 Å². The Kier molecular flexibility index (Phi) is 7.13. The van der Waals surface area contributed by atoms with Crippen LogP contribution in [0.15, 0.2) is 35.5 Å². The third-order valence-corrected chi connectivity index (χ3v) is 10.7. The van der Waals surface area contributed by atoms with Crippen molar-refractivity contribution in [3.63, 3.8) is 0 Å². The lowest BCUT2D eigenvalue weighted by molar-refractivity contribution is -0.0667. The maximum absolute atomic E-state index is 10.8. The van der Waals surface area contributed by atoms with Gasteiger partial charge in [0.1, 0.15) is 0 Å². The van der Waals surface area contributed by atoms with Crippen LogP contribution in [0.5, 0.6) is 0 Å². The van der Waals surface area contributed by atoms with E-state index in [0.717, 1.165) is 11.3 Å². The molecule has 28 heavy (non-hydrogen) atoms. The molecule has 1 aliphatic heterocycles. The first-order valence-corrected chi connectivity index (χ1v) is 13.0. The lowest BCUT2D eigenvalue weighted by Gasteiger charge is -2.40. The van der Waals surface area contributed by atoms with Gasteiger partial charge in [0.25, 0.3) is 0 Å². The second kappa shape index (κ2) is 8.65. The normalized spacial score (nSPS) is 20.5. The maximum Gasteiger partial charge on any atom is 0.192 e. The summed E-state index contributed by atoms with van der Waals surface area (Å²) in [5.74, 6) is 0. The molecule has 1 aromatic carbocycles. The molecule has 0 fully saturated rings. The Hall–Kier alpha value is -1.21. The van der Waals surface area contributed by atoms with E-state index in [2.05, 4.69) is 39.0 Å². The Morgan fingerprint density at radius 2 is 1.75 bits per heavy atom. The molecular formula is C22H37NO4Si. The molecule has 1 aliphatic rings. The van der Waals surface area contributed by atoms with E-state index in [1.165, 1.54) is 0 Å². The average molecular weight is 408 g/mol. The molecule has 1 heterocycles. The van der Waals surface area contributed by atoms with Gasteiger partial charge in [-0.15, -0.1) is 0 Å². The van der Waals surface area contributed by atoms with E-state index in [0.29, 0.717) is 13.0 Å². The quantitative estimate of drug-likeness (QED) is 0.629. The Morgan fingerprint density at radius 3 is 2.32 bits per heavy atom. The molecule has 0 spiro atoms. The van der Waals surface area contributed by atoms with Gasteiger partial charge in [0, 0.05) is 24.9 Å². The van der Waals surface area contributed by atoms with Gasteiger partial charge in [0.2, 0.25) is 0 Å². The van der Waals surface area contributed by atoms with Crippen molar-refractivity contribution < 1.29 is 19.5 Å². The summed E-state index contributed by atoms with van der Waals surface area (Å²) in [4.78, 5) is 5.46. The summed E-state index contributed by atoms with van der Waals surface area (Å²) in [5.41, 5.74) is 1.37. The van der Waals surface area contributed by atoms with Gasteiger partial charge in [-0.05, 0) is 23.7 Å². The predicted molar refractivity (Wildman–Crippen MR) is 116 cm³/mol. The van der Waals surface area contributed by atoms with Crippen LogP contribution in [-0.2, 0) is 9.26 Å². The average Bonchev–Trinajstić information content (AvgIpc) is 3.10. The number of aliphatic hydroxyl groups is 2. The van der Waals surface area contributed by atoms with Crippen LogP contribution in [0.25, 0.3) is 0 Å². The smallest absolute Gasteiger partial charge is 0.192 e. The summed E-state index contributed by atoms with van der Waals surface area (Å²) in [6.07, 6.45) is -1.14. The Morgan fingerprint density at radius 1 is 1.14 bits per heavy atom. The fourth-order valence-electron chi connectivity index (χ4n) is 2.78. The molecule has 0 saturated heterocycles. The Bertz CT molecular complexity index is 667. The molecule has 0 saturated carbocycles. The third kappa shape index (κ3) is 5.66. The summed E-state index contributed by atoms with van der Waals surface area (Å²) in [7, 11) is -1.89. The first kappa shape index (κ1) is 23.1. The standard InChI is InChI=1S/C22H37NO4Si/c1-21(2,3)28(6,7)26-15-22(4,5)20(25)14-18(24)19-13-17(23-27-19)16-11-9-8-10-12-16/h8-12,18-20,24-25H,13-15H2,1-7H3/t18-,19-,20-/m1/s1. The second-order valence-electron chi connectivity index (χ2n) is 10.1. The minimum absolute atomic E-state index is 0.121. The highest BCUT2D eigenvalue weighted by molar-refractivity contribution is 6.74. The van der Waals surface area contributed by atoms with Crippen molar-refractivity contribution in [3.05, 3.63) is 35.9 Å². The summed E-state index contributed by atoms with van der Waals surface area (Å²) < 4.78 is 6.31. The van der Waals surface area contributed by atoms with Gasteiger partial charge >= 0.3 is 0 Å². The maximum atomic E-state index is 10.8. The molecule has 3 atom stereocenters. The number of nitrogens with zero attached hydrogens (tertiary/aromatic N) is 1. The van der Waals surface area contributed by atoms with Gasteiger partial charge in [0.15, 0.2) is 14.4 Å². The van der Waals surface area contributed by atoms with E-state index < -0.39 is 32.0 Å². The first-order valence-electron chi connectivity index (χ1n) is 10.1. The molecule has 0 aromatic heterocycles. The highest BCUT2D eigenvalue weighted by atomic mass is 28.4. The molecule has 0 radical (unpaired) electrons. The summed E-state index contributed by atoms with van der Waals surface area (Å²) in [5, 5.41) is 25.6. The predicted octanol–water partition coefficient (Wildman–Crippen LogP) is 4.34. The number of oxime groups is 1. The zero-order valence-corrected chi connectivity index (χ0v) is 19.4. The van der Waals surface area contributed by atoms with Gasteiger partial charge < -0.3 is 19.5 Å². The summed E-state index contributed by atoms with van der Waals surface area (Å²) in [6.45, 7) is 15.5. The van der Waals surface area contributed by atoms with Crippen molar-refractivity contribution in [2.45, 2.75) is 83.9 Å². The topological polar surface area (TPSA) is 71.3 Å². The van der Waals surface area contributed by atoms with E-state index in [4.69, 9.17) is 9.26 Å². The molecule has 0 aliphatic carbocycles. The van der Waals surface area contributed by atoms with Gasteiger partial charge in [-0.2, -0.15) is 0 Å². The molecule has 0 bridgehead atoms. The fraction of sp³-hybridized carbons (Fsp3) is 0.682. The SMILES string of the molecule is CC(C)(CO[Si](C)(C)C(C)(C)C)[C@H](O)C[C@@H](O)[C@H]1CC(c2ccccc2)=NO1. The van der Waals surface area contributed by atoms with Crippen LogP contribution >= 0.6 is 0 Å². The number of aliphatic hydroxyl groups excluding tert-OH is 2. The van der Waals surface area contributed by atoms with Crippen molar-refractivity contribution in [2.24, 2.45) is 10.6 Å². The van der Waals surface area contributed by atoms with Crippen molar-refractivity contribution in [1.82, 2.24) is 0 Å². The van der Waals surface area contributed by atoms with Crippen LogP contribution in [0.3, 0.4) is 0 Å². The fourth-order valence-corrected chi connectivity index (χ4v) is 3.95. The molecule has 0 amide bonds. The zero-order valence-electron chi connectivity index (χ0n) is 18.4. The molecule has 2 rings (SSSR count). The van der Waals surface area contributed by atoms with Crippen molar-refractivity contribution >= 4 is 14.0 Å². The Balaban J connectivity index is 1.88. The van der Waals surface area contributed by atoms with Crippen molar-refractivity contribution in [1.29, 1.82) is 0 Å². The molecule has 5 nitrogen and oxygen atoms in total. The number of hydrogen-bond acceptors (Lipinski definition) is 5. The highest BCUT2D eigenvalue weighted by Gasteiger charge is 2.41. The van der Waals surface area contributed by atoms with E-state index in [9.17, 15) is 10.2 Å². The second-order valence-corrected chi connectivity index (χ2v) is 14.9. The number of hydrogen-bond donors (Lipinski definition) is 2. The van der Waals surface area contributed by atoms with Crippen LogP contribution in [0.1, 0.15) is 53.0 Å². The molecule has 158 valence electrons. The van der Waals surface area contributed by atoms with Crippen molar-refractivity contribution in [3.8, 4) is 0 Å². The highest BCUT2D eigenvalue weighted by Crippen LogP contribution is 2.38. The summed E-state index contributed by atoms with van der Waals surface area (Å²) in [6, 6.07) is 9.82. The first-order chi connectivity index (χ1) is 12.8. The zero-order chi connectivity index (χ0) is 21.2. The number of rotatable bonds is 8. The number of benzene rings is 1. The molecule has 2 N–H and O–H groups in total. The van der Waals surface area contributed by atoms with Crippen LogP contribution in [0, 0.1) is 5.41 Å². The van der Waals surface area contributed by atoms with E-state index >= 15 is 0 Å². The minimum Gasteiger partial charge on any atom is -0.416 e. The molecular weight excluding hydrogens is 370 g/mol. The van der Waals surface area contributed by atoms with Crippen LogP contribution in [0.2, 0.25) is 18.1 Å². The van der Waals surface area contributed by atoms with Crippen LogP contribution in [0.4, 0.5) is 0 Å². The van der Waals surface area contributed by atoms with E-state index in [1.807, 2.05) is 44.2 Å². The monoisotopic (exact) mass is 407 g/mol. The van der Waals surface area contributed by atoms with Crippen LogP contribution in [-0.4, -0.2) is 49.2 Å². The molecule has 6 heteroatoms. The largest absolute Gasteiger partial charge is 0.416 e. The van der Waals surface area contributed by atoms with Gasteiger partial charge in [-0.1, -0.05) is 70.1 Å². The third-order valence-electron chi connectivity index (χ3n) is 6.21. The van der Waals surface area contributed by atoms with Gasteiger partial charge in [-0.25, -0.2) is 0 Å². The minimum atomic E-state index is -1.89. The lowest BCUT2D eigenvalue weighted by atomic mass is 9.83. The van der Waals surface area contributed by atoms with Gasteiger partial charge in [0.05, 0.1) is 17.9 Å². The van der Waals surface area contributed by atoms with Crippen LogP contribution < -0.4 is 0 Å². The van der Waals surface area contributed by atoms with Gasteiger partial charge in [-0.3, -0.25) is 0 Å². The molecule has 1 aromatic rings.